The van der Waals surface area contributed by atoms with Crippen molar-refractivity contribution < 1.29 is 9.53 Å². The number of nitrogens with one attached hydrogen (secondary N) is 2. The topological polar surface area (TPSA) is 106 Å². The molecule has 3 aromatic rings. The number of aromatic nitrogens is 3. The lowest BCUT2D eigenvalue weighted by atomic mass is 10.0. The van der Waals surface area contributed by atoms with E-state index in [9.17, 15) is 4.79 Å². The first-order valence-electron chi connectivity index (χ1n) is 6.91. The second-order valence-corrected chi connectivity index (χ2v) is 5.62. The smallest absolute Gasteiger partial charge is 0.412 e. The van der Waals surface area contributed by atoms with E-state index in [0.29, 0.717) is 18.2 Å². The molecule has 0 fully saturated rings. The number of ether oxygens (including phenoxy) is 1. The maximum Gasteiger partial charge on any atom is 0.412 e. The molecule has 8 heteroatoms. The molecule has 0 spiro atoms. The van der Waals surface area contributed by atoms with Crippen molar-refractivity contribution in [3.63, 3.8) is 0 Å². The number of hydrogen-bond acceptors (Lipinski definition) is 5. The van der Waals surface area contributed by atoms with Gasteiger partial charge in [0.25, 0.3) is 0 Å². The molecule has 1 aromatic carbocycles. The van der Waals surface area contributed by atoms with Crippen LogP contribution in [0.25, 0.3) is 22.0 Å². The van der Waals surface area contributed by atoms with Gasteiger partial charge in [0.2, 0.25) is 0 Å². The molecule has 1 amide bonds. The lowest BCUT2D eigenvalue weighted by Gasteiger charge is -2.07. The number of benzene rings is 1. The molecule has 0 unspecified atom stereocenters. The third-order valence-electron chi connectivity index (χ3n) is 3.25. The van der Waals surface area contributed by atoms with Crippen molar-refractivity contribution in [2.45, 2.75) is 6.92 Å². The lowest BCUT2D eigenvalue weighted by molar-refractivity contribution is 0.168. The lowest BCUT2D eigenvalue weighted by Crippen LogP contribution is -2.14. The van der Waals surface area contributed by atoms with Gasteiger partial charge in [-0.3, -0.25) is 10.4 Å². The fourth-order valence-corrected chi connectivity index (χ4v) is 2.76. The molecule has 2 aromatic heterocycles. The van der Waals surface area contributed by atoms with E-state index < -0.39 is 6.09 Å². The predicted molar refractivity (Wildman–Crippen MR) is 92.1 cm³/mol. The average Bonchev–Trinajstić information content (AvgIpc) is 2.90. The van der Waals surface area contributed by atoms with Crippen molar-refractivity contribution in [3.8, 4) is 11.1 Å². The molecule has 0 saturated carbocycles. The number of carbonyl (C=O) groups excluding carboxylic acids is 1. The summed E-state index contributed by atoms with van der Waals surface area (Å²) in [6, 6.07) is 7.49. The summed E-state index contributed by atoms with van der Waals surface area (Å²) in [5.41, 5.74) is 8.52. The fraction of sp³-hybridized carbons (Fsp3) is 0.133. The van der Waals surface area contributed by atoms with Crippen LogP contribution in [0.1, 0.15) is 6.92 Å². The quantitative estimate of drug-likeness (QED) is 0.648. The van der Waals surface area contributed by atoms with E-state index in [0.717, 1.165) is 26.5 Å². The number of hydrogen-bond donors (Lipinski definition) is 3. The predicted octanol–water partition coefficient (Wildman–Crippen LogP) is 3.54. The second kappa shape index (κ2) is 6.25. The third-order valence-corrected chi connectivity index (χ3v) is 3.88. The monoisotopic (exact) mass is 375 g/mol. The Morgan fingerprint density at radius 2 is 2.22 bits per heavy atom. The van der Waals surface area contributed by atoms with Crippen molar-refractivity contribution in [2.24, 2.45) is 0 Å². The Balaban J connectivity index is 1.98. The zero-order valence-electron chi connectivity index (χ0n) is 12.3. The Kier molecular flexibility index (Phi) is 4.16. The molecular weight excluding hydrogens is 362 g/mol. The molecule has 0 saturated heterocycles. The molecule has 0 aliphatic carbocycles. The number of pyridine rings is 1. The van der Waals surface area contributed by atoms with E-state index >= 15 is 0 Å². The summed E-state index contributed by atoms with van der Waals surface area (Å²) >= 11 is 3.51. The first-order valence-corrected chi connectivity index (χ1v) is 7.71. The highest BCUT2D eigenvalue weighted by atomic mass is 79.9. The minimum atomic E-state index is -0.534. The van der Waals surface area contributed by atoms with Crippen LogP contribution in [0.5, 0.6) is 0 Å². The van der Waals surface area contributed by atoms with Gasteiger partial charge in [-0.15, -0.1) is 0 Å². The van der Waals surface area contributed by atoms with Gasteiger partial charge in [-0.2, -0.15) is 5.10 Å². The highest BCUT2D eigenvalue weighted by Gasteiger charge is 2.10. The maximum atomic E-state index is 11.5. The first-order chi connectivity index (χ1) is 11.1. The number of H-pyrrole nitrogens is 1. The van der Waals surface area contributed by atoms with E-state index in [2.05, 4.69) is 36.4 Å². The standard InChI is InChI=1S/C15H14BrN5O2/c1-2-23-15(22)19-12-7-8(3-4-18-12)9-5-10-13(11(16)6-9)20-21-14(10)17/h3-7H,2H2,1H3,(H3,17,20,21)(H,18,19,22). The molecule has 7 nitrogen and oxygen atoms in total. The number of nitrogens with zero attached hydrogens (tertiary/aromatic N) is 2. The minimum absolute atomic E-state index is 0.301. The van der Waals surface area contributed by atoms with Gasteiger partial charge < -0.3 is 10.5 Å². The molecule has 23 heavy (non-hydrogen) atoms. The Bertz CT molecular complexity index is 877. The van der Waals surface area contributed by atoms with Crippen molar-refractivity contribution in [2.75, 3.05) is 17.7 Å². The molecule has 0 aliphatic heterocycles. The van der Waals surface area contributed by atoms with Crippen LogP contribution in [0.3, 0.4) is 0 Å². The number of anilines is 2. The number of carbonyl (C=O) groups is 1. The Morgan fingerprint density at radius 1 is 1.39 bits per heavy atom. The Morgan fingerprint density at radius 3 is 3.00 bits per heavy atom. The summed E-state index contributed by atoms with van der Waals surface area (Å²) in [7, 11) is 0. The number of fused-ring (bicyclic) bond motifs is 1. The normalized spacial score (nSPS) is 10.7. The molecule has 2 heterocycles. The molecule has 3 rings (SSSR count). The number of aromatic amines is 1. The Hall–Kier alpha value is -2.61. The number of nitrogens with two attached hydrogens (primary N) is 1. The van der Waals surface area contributed by atoms with Crippen LogP contribution in [-0.2, 0) is 4.74 Å². The SMILES string of the molecule is CCOC(=O)Nc1cc(-c2cc(Br)c3[nH]nc(N)c3c2)ccn1. The summed E-state index contributed by atoms with van der Waals surface area (Å²) in [5.74, 6) is 0.846. The molecule has 118 valence electrons. The van der Waals surface area contributed by atoms with Gasteiger partial charge in [0.05, 0.1) is 12.1 Å². The van der Waals surface area contributed by atoms with Gasteiger partial charge in [-0.25, -0.2) is 9.78 Å². The van der Waals surface area contributed by atoms with Crippen molar-refractivity contribution in [1.29, 1.82) is 0 Å². The van der Waals surface area contributed by atoms with Crippen LogP contribution in [0, 0.1) is 0 Å². The van der Waals surface area contributed by atoms with E-state index in [4.69, 9.17) is 10.5 Å². The Labute approximate surface area is 140 Å². The van der Waals surface area contributed by atoms with Crippen molar-refractivity contribution >= 4 is 44.6 Å². The van der Waals surface area contributed by atoms with Crippen LogP contribution >= 0.6 is 15.9 Å². The molecule has 0 radical (unpaired) electrons. The molecule has 0 atom stereocenters. The molecular formula is C15H14BrN5O2. The maximum absolute atomic E-state index is 11.5. The molecule has 4 N–H and O–H groups in total. The van der Waals surface area contributed by atoms with Crippen LogP contribution in [0.15, 0.2) is 34.9 Å². The minimum Gasteiger partial charge on any atom is -0.450 e. The summed E-state index contributed by atoms with van der Waals surface area (Å²) in [6.07, 6.45) is 1.08. The summed E-state index contributed by atoms with van der Waals surface area (Å²) in [4.78, 5) is 15.6. The third kappa shape index (κ3) is 3.11. The van der Waals surface area contributed by atoms with Gasteiger partial charge in [0.1, 0.15) is 5.82 Å². The fourth-order valence-electron chi connectivity index (χ4n) is 2.22. The summed E-state index contributed by atoms with van der Waals surface area (Å²) < 4.78 is 5.70. The molecule has 0 aliphatic rings. The number of rotatable bonds is 3. The van der Waals surface area contributed by atoms with E-state index in [-0.39, 0.29) is 0 Å². The van der Waals surface area contributed by atoms with Crippen LogP contribution in [-0.4, -0.2) is 27.9 Å². The zero-order chi connectivity index (χ0) is 16.4. The second-order valence-electron chi connectivity index (χ2n) is 4.76. The van der Waals surface area contributed by atoms with Gasteiger partial charge in [-0.1, -0.05) is 0 Å². The summed E-state index contributed by atoms with van der Waals surface area (Å²) in [6.45, 7) is 2.04. The van der Waals surface area contributed by atoms with Crippen LogP contribution in [0.4, 0.5) is 16.4 Å². The first kappa shape index (κ1) is 15.3. The van der Waals surface area contributed by atoms with Crippen molar-refractivity contribution in [1.82, 2.24) is 15.2 Å². The largest absolute Gasteiger partial charge is 0.450 e. The van der Waals surface area contributed by atoms with Gasteiger partial charge >= 0.3 is 6.09 Å². The van der Waals surface area contributed by atoms with E-state index in [1.807, 2.05) is 18.2 Å². The van der Waals surface area contributed by atoms with E-state index in [1.54, 1.807) is 19.2 Å². The van der Waals surface area contributed by atoms with E-state index in [1.165, 1.54) is 0 Å². The zero-order valence-corrected chi connectivity index (χ0v) is 13.8. The van der Waals surface area contributed by atoms with Crippen molar-refractivity contribution in [3.05, 3.63) is 34.9 Å². The van der Waals surface area contributed by atoms with Gasteiger partial charge in [0, 0.05) is 16.1 Å². The number of halogens is 1. The highest BCUT2D eigenvalue weighted by molar-refractivity contribution is 9.10. The van der Waals surface area contributed by atoms with Crippen LogP contribution < -0.4 is 11.1 Å². The van der Waals surface area contributed by atoms with Gasteiger partial charge in [-0.05, 0) is 58.2 Å². The average molecular weight is 376 g/mol. The van der Waals surface area contributed by atoms with Crippen LogP contribution in [0.2, 0.25) is 0 Å². The molecule has 0 bridgehead atoms. The number of nitrogen functional groups attached to an aromatic ring is 1. The van der Waals surface area contributed by atoms with Gasteiger partial charge in [0.15, 0.2) is 5.82 Å². The summed E-state index contributed by atoms with van der Waals surface area (Å²) in [5, 5.41) is 10.3. The highest BCUT2D eigenvalue weighted by Crippen LogP contribution is 2.32. The number of amides is 1.